The standard InChI is InChI=1S/C22H25Cl2NO6S/c1-29-17-7-4-16(5-8-17)6-9-19(26)18-14-22(21(31-3)15-20(18)30-2)32(27,28)25(12-10-23)13-11-24/h4-9,14-15H,10-13H2,1-3H3/b9-6+. The Morgan fingerprint density at radius 2 is 1.53 bits per heavy atom. The molecule has 0 spiro atoms. The van der Waals surface area contributed by atoms with Crippen molar-refractivity contribution < 1.29 is 27.4 Å². The molecule has 7 nitrogen and oxygen atoms in total. The molecular formula is C22H25Cl2NO6S. The fourth-order valence-corrected chi connectivity index (χ4v) is 5.13. The van der Waals surface area contributed by atoms with Crippen LogP contribution in [0.5, 0.6) is 17.2 Å². The molecule has 0 saturated heterocycles. The van der Waals surface area contributed by atoms with Crippen molar-refractivity contribution in [1.82, 2.24) is 4.31 Å². The number of nitrogens with zero attached hydrogens (tertiary/aromatic N) is 1. The van der Waals surface area contributed by atoms with Crippen molar-refractivity contribution in [3.63, 3.8) is 0 Å². The van der Waals surface area contributed by atoms with Gasteiger partial charge in [-0.1, -0.05) is 18.2 Å². The summed E-state index contributed by atoms with van der Waals surface area (Å²) >= 11 is 11.6. The van der Waals surface area contributed by atoms with Crippen LogP contribution in [-0.4, -0.2) is 64.7 Å². The lowest BCUT2D eigenvalue weighted by atomic mass is 10.1. The van der Waals surface area contributed by atoms with Gasteiger partial charge in [-0.2, -0.15) is 4.31 Å². The number of methoxy groups -OCH3 is 3. The van der Waals surface area contributed by atoms with Crippen LogP contribution in [0.15, 0.2) is 47.4 Å². The second kappa shape index (κ2) is 12.1. The Labute approximate surface area is 198 Å². The molecule has 2 rings (SSSR count). The summed E-state index contributed by atoms with van der Waals surface area (Å²) in [5, 5.41) is 0. The molecule has 0 aliphatic carbocycles. The monoisotopic (exact) mass is 501 g/mol. The van der Waals surface area contributed by atoms with Crippen molar-refractivity contribution >= 4 is 45.1 Å². The van der Waals surface area contributed by atoms with Crippen LogP contribution in [0, 0.1) is 0 Å². The molecule has 0 aliphatic rings. The van der Waals surface area contributed by atoms with Gasteiger partial charge in [-0.05, 0) is 29.8 Å². The van der Waals surface area contributed by atoms with E-state index in [4.69, 9.17) is 37.4 Å². The van der Waals surface area contributed by atoms with E-state index in [2.05, 4.69) is 0 Å². The lowest BCUT2D eigenvalue weighted by molar-refractivity contribution is 0.104. The first-order valence-corrected chi connectivity index (χ1v) is 12.1. The van der Waals surface area contributed by atoms with Gasteiger partial charge in [0.15, 0.2) is 5.78 Å². The first kappa shape index (κ1) is 26.0. The first-order chi connectivity index (χ1) is 15.3. The minimum absolute atomic E-state index is 0.0479. The van der Waals surface area contributed by atoms with E-state index >= 15 is 0 Å². The van der Waals surface area contributed by atoms with Gasteiger partial charge in [-0.3, -0.25) is 4.79 Å². The summed E-state index contributed by atoms with van der Waals surface area (Å²) in [6.45, 7) is 0.124. The zero-order valence-corrected chi connectivity index (χ0v) is 20.3. The minimum atomic E-state index is -4.03. The second-order valence-corrected chi connectivity index (χ2v) is 9.12. The third kappa shape index (κ3) is 6.16. The molecule has 0 saturated carbocycles. The van der Waals surface area contributed by atoms with Crippen LogP contribution >= 0.6 is 23.2 Å². The topological polar surface area (TPSA) is 82.1 Å². The van der Waals surface area contributed by atoms with E-state index in [1.54, 1.807) is 37.5 Å². The highest BCUT2D eigenvalue weighted by atomic mass is 35.5. The van der Waals surface area contributed by atoms with E-state index < -0.39 is 15.8 Å². The zero-order valence-electron chi connectivity index (χ0n) is 18.0. The van der Waals surface area contributed by atoms with Crippen molar-refractivity contribution in [2.24, 2.45) is 0 Å². The predicted molar refractivity (Wildman–Crippen MR) is 126 cm³/mol. The van der Waals surface area contributed by atoms with Gasteiger partial charge >= 0.3 is 0 Å². The summed E-state index contributed by atoms with van der Waals surface area (Å²) in [5.41, 5.74) is 0.850. The number of allylic oxidation sites excluding steroid dienone is 1. The van der Waals surface area contributed by atoms with E-state index in [0.717, 1.165) is 9.87 Å². The number of hydrogen-bond acceptors (Lipinski definition) is 6. The number of benzene rings is 2. The van der Waals surface area contributed by atoms with Gasteiger partial charge in [0.2, 0.25) is 10.0 Å². The highest BCUT2D eigenvalue weighted by molar-refractivity contribution is 7.89. The molecule has 0 aromatic heterocycles. The molecule has 0 amide bonds. The van der Waals surface area contributed by atoms with E-state index in [1.165, 1.54) is 32.4 Å². The molecule has 0 fully saturated rings. The van der Waals surface area contributed by atoms with Gasteiger partial charge in [-0.25, -0.2) is 8.42 Å². The zero-order chi connectivity index (χ0) is 23.7. The van der Waals surface area contributed by atoms with Gasteiger partial charge in [0.05, 0.1) is 26.9 Å². The van der Waals surface area contributed by atoms with Crippen molar-refractivity contribution in [2.75, 3.05) is 46.2 Å². The Bertz CT molecular complexity index is 1050. The molecule has 2 aromatic rings. The average molecular weight is 502 g/mol. The SMILES string of the molecule is COc1ccc(/C=C/C(=O)c2cc(S(=O)(=O)N(CCCl)CCCl)c(OC)cc2OC)cc1. The first-order valence-electron chi connectivity index (χ1n) is 9.57. The maximum Gasteiger partial charge on any atom is 0.246 e. The average Bonchev–Trinajstić information content (AvgIpc) is 2.81. The summed E-state index contributed by atoms with van der Waals surface area (Å²) < 4.78 is 43.4. The molecule has 10 heteroatoms. The van der Waals surface area contributed by atoms with E-state index in [9.17, 15) is 13.2 Å². The Kier molecular flexibility index (Phi) is 9.84. The maximum absolute atomic E-state index is 13.3. The Hall–Kier alpha value is -2.26. The summed E-state index contributed by atoms with van der Waals surface area (Å²) in [6, 6.07) is 9.75. The number of ether oxygens (including phenoxy) is 3. The van der Waals surface area contributed by atoms with Gasteiger partial charge < -0.3 is 14.2 Å². The summed E-state index contributed by atoms with van der Waals surface area (Å²) in [6.07, 6.45) is 2.96. The molecule has 0 N–H and O–H groups in total. The molecule has 2 aromatic carbocycles. The smallest absolute Gasteiger partial charge is 0.246 e. The fraction of sp³-hybridized carbons (Fsp3) is 0.318. The van der Waals surface area contributed by atoms with Crippen LogP contribution in [0.1, 0.15) is 15.9 Å². The van der Waals surface area contributed by atoms with Crippen molar-refractivity contribution in [3.8, 4) is 17.2 Å². The van der Waals surface area contributed by atoms with Crippen LogP contribution in [0.3, 0.4) is 0 Å². The lowest BCUT2D eigenvalue weighted by Gasteiger charge is -2.22. The normalized spacial score (nSPS) is 11.7. The van der Waals surface area contributed by atoms with Crippen LogP contribution in [0.2, 0.25) is 0 Å². The van der Waals surface area contributed by atoms with Crippen molar-refractivity contribution in [3.05, 3.63) is 53.6 Å². The van der Waals surface area contributed by atoms with Crippen LogP contribution in [-0.2, 0) is 10.0 Å². The van der Waals surface area contributed by atoms with Crippen LogP contribution in [0.4, 0.5) is 0 Å². The lowest BCUT2D eigenvalue weighted by Crippen LogP contribution is -2.34. The Balaban J connectivity index is 2.50. The van der Waals surface area contributed by atoms with E-state index in [-0.39, 0.29) is 46.8 Å². The molecule has 32 heavy (non-hydrogen) atoms. The van der Waals surface area contributed by atoms with E-state index in [1.807, 2.05) is 0 Å². The summed E-state index contributed by atoms with van der Waals surface area (Å²) in [4.78, 5) is 12.8. The molecule has 0 atom stereocenters. The number of carbonyl (C=O) groups is 1. The minimum Gasteiger partial charge on any atom is -0.497 e. The second-order valence-electron chi connectivity index (χ2n) is 6.46. The van der Waals surface area contributed by atoms with Crippen molar-refractivity contribution in [2.45, 2.75) is 4.90 Å². The molecule has 0 aliphatic heterocycles. The number of hydrogen-bond donors (Lipinski definition) is 0. The van der Waals surface area contributed by atoms with Gasteiger partial charge in [0.1, 0.15) is 22.1 Å². The number of ketones is 1. The number of rotatable bonds is 12. The van der Waals surface area contributed by atoms with Crippen molar-refractivity contribution in [1.29, 1.82) is 0 Å². The van der Waals surface area contributed by atoms with Crippen LogP contribution in [0.25, 0.3) is 6.08 Å². The number of sulfonamides is 1. The Morgan fingerprint density at radius 3 is 2.03 bits per heavy atom. The molecule has 0 heterocycles. The summed E-state index contributed by atoms with van der Waals surface area (Å²) in [5.74, 6) is 0.672. The van der Waals surface area contributed by atoms with Crippen LogP contribution < -0.4 is 14.2 Å². The largest absolute Gasteiger partial charge is 0.497 e. The third-order valence-corrected chi connectivity index (χ3v) is 6.84. The molecular weight excluding hydrogens is 477 g/mol. The van der Waals surface area contributed by atoms with E-state index in [0.29, 0.717) is 5.75 Å². The number of carbonyl (C=O) groups excluding carboxylic acids is 1. The highest BCUT2D eigenvalue weighted by Gasteiger charge is 2.29. The summed E-state index contributed by atoms with van der Waals surface area (Å²) in [7, 11) is 0.265. The molecule has 0 radical (unpaired) electrons. The fourth-order valence-electron chi connectivity index (χ4n) is 2.92. The third-order valence-electron chi connectivity index (χ3n) is 4.58. The van der Waals surface area contributed by atoms with Gasteiger partial charge in [0, 0.05) is 30.9 Å². The molecule has 0 unspecified atom stereocenters. The molecule has 0 bridgehead atoms. The number of halogens is 2. The van der Waals surface area contributed by atoms with Gasteiger partial charge in [-0.15, -0.1) is 23.2 Å². The highest BCUT2D eigenvalue weighted by Crippen LogP contribution is 2.34. The predicted octanol–water partition coefficient (Wildman–Crippen LogP) is 4.08. The quantitative estimate of drug-likeness (QED) is 0.247. The maximum atomic E-state index is 13.3. The molecule has 174 valence electrons. The van der Waals surface area contributed by atoms with Gasteiger partial charge in [0.25, 0.3) is 0 Å². The number of alkyl halides is 2. The Morgan fingerprint density at radius 1 is 0.938 bits per heavy atom.